The van der Waals surface area contributed by atoms with Gasteiger partial charge in [-0.25, -0.2) is 9.97 Å². The number of hydrazine groups is 1. The van der Waals surface area contributed by atoms with Crippen molar-refractivity contribution in [2.75, 3.05) is 11.7 Å². The first-order valence-corrected chi connectivity index (χ1v) is 7.60. The van der Waals surface area contributed by atoms with Crippen LogP contribution in [0, 0.1) is 0 Å². The molecule has 0 aliphatic rings. The van der Waals surface area contributed by atoms with Gasteiger partial charge in [0, 0.05) is 40.8 Å². The third-order valence-electron chi connectivity index (χ3n) is 2.41. The van der Waals surface area contributed by atoms with Crippen LogP contribution in [0.25, 0.3) is 0 Å². The number of carbonyl (C=O) groups excluding carboxylic acids is 1. The lowest BCUT2D eigenvalue weighted by Crippen LogP contribution is -2.30. The minimum Gasteiger partial charge on any atom is -0.267 e. The van der Waals surface area contributed by atoms with Crippen molar-refractivity contribution in [2.45, 2.75) is 5.75 Å². The number of nitrogens with zero attached hydrogens (tertiary/aromatic N) is 2. The second-order valence-corrected chi connectivity index (χ2v) is 5.50. The summed E-state index contributed by atoms with van der Waals surface area (Å²) < 4.78 is 11.2. The molecule has 0 saturated carbocycles. The summed E-state index contributed by atoms with van der Waals surface area (Å²) in [6, 6.07) is 8.68. The maximum absolute atomic E-state index is 12.0. The number of nitrogens with one attached hydrogen (secondary N) is 2. The van der Waals surface area contributed by atoms with E-state index in [1.165, 1.54) is 0 Å². The van der Waals surface area contributed by atoms with Gasteiger partial charge in [-0.3, -0.25) is 19.9 Å². The van der Waals surface area contributed by atoms with Crippen molar-refractivity contribution in [1.82, 2.24) is 15.4 Å². The molecule has 0 fully saturated rings. The van der Waals surface area contributed by atoms with E-state index < -0.39 is 10.8 Å². The largest absolute Gasteiger partial charge is 0.269 e. The molecule has 0 aliphatic heterocycles. The van der Waals surface area contributed by atoms with Gasteiger partial charge in [-0.15, -0.1) is 0 Å². The molecule has 6 nitrogen and oxygen atoms in total. The molecule has 1 aromatic heterocycles. The maximum atomic E-state index is 12.0. The molecule has 1 atom stereocenters. The third kappa shape index (κ3) is 4.13. The maximum Gasteiger partial charge on any atom is 0.269 e. The number of anilines is 1. The summed E-state index contributed by atoms with van der Waals surface area (Å²) >= 11 is 0. The summed E-state index contributed by atoms with van der Waals surface area (Å²) in [5.41, 5.74) is 6.47. The van der Waals surface area contributed by atoms with Crippen LogP contribution in [-0.4, -0.2) is 26.3 Å². The molecule has 104 valence electrons. The molecule has 1 amide bonds. The van der Waals surface area contributed by atoms with Crippen LogP contribution in [0.5, 0.6) is 0 Å². The Balaban J connectivity index is 2.00. The molecule has 2 N–H and O–H groups in total. The van der Waals surface area contributed by atoms with E-state index in [9.17, 15) is 9.00 Å². The Morgan fingerprint density at radius 1 is 1.25 bits per heavy atom. The lowest BCUT2D eigenvalue weighted by atomic mass is 10.1. The molecule has 20 heavy (non-hydrogen) atoms. The minimum absolute atomic E-state index is 0.304. The van der Waals surface area contributed by atoms with Gasteiger partial charge < -0.3 is 0 Å². The van der Waals surface area contributed by atoms with Crippen LogP contribution in [0.15, 0.2) is 42.7 Å². The number of hydrogen-bond donors (Lipinski definition) is 2. The first-order valence-electron chi connectivity index (χ1n) is 5.87. The Labute approximate surface area is 119 Å². The van der Waals surface area contributed by atoms with E-state index in [1.54, 1.807) is 42.9 Å². The van der Waals surface area contributed by atoms with E-state index in [4.69, 9.17) is 0 Å². The fourth-order valence-corrected chi connectivity index (χ4v) is 2.23. The Kier molecular flexibility index (Phi) is 4.78. The Bertz CT molecular complexity index is 619. The van der Waals surface area contributed by atoms with Crippen LogP contribution in [-0.2, 0) is 16.6 Å². The van der Waals surface area contributed by atoms with Crippen molar-refractivity contribution in [3.8, 4) is 0 Å². The molecule has 1 heterocycles. The van der Waals surface area contributed by atoms with Crippen molar-refractivity contribution in [2.24, 2.45) is 0 Å². The molecule has 7 heteroatoms. The van der Waals surface area contributed by atoms with Gasteiger partial charge in [0.05, 0.1) is 0 Å². The quantitative estimate of drug-likeness (QED) is 0.806. The standard InChI is InChI=1S/C13H14N4O2S/c1-20(19)9-10-4-2-5-11(8-10)12(18)16-17-13-14-6-3-7-15-13/h2-8H,9H2,1H3,(H,16,18)(H,14,15,17). The summed E-state index contributed by atoms with van der Waals surface area (Å²) in [4.78, 5) is 19.8. The number of amides is 1. The fourth-order valence-electron chi connectivity index (χ4n) is 1.59. The van der Waals surface area contributed by atoms with Crippen LogP contribution < -0.4 is 10.9 Å². The molecule has 0 spiro atoms. The molecular formula is C13H14N4O2S. The molecular weight excluding hydrogens is 276 g/mol. The van der Waals surface area contributed by atoms with Gasteiger partial charge in [-0.2, -0.15) is 0 Å². The highest BCUT2D eigenvalue weighted by Gasteiger charge is 2.07. The summed E-state index contributed by atoms with van der Waals surface area (Å²) in [6.07, 6.45) is 4.76. The van der Waals surface area contributed by atoms with Crippen LogP contribution in [0.1, 0.15) is 15.9 Å². The van der Waals surface area contributed by atoms with E-state index in [0.29, 0.717) is 17.3 Å². The number of carbonyl (C=O) groups is 1. The number of aromatic nitrogens is 2. The zero-order chi connectivity index (χ0) is 14.4. The normalized spacial score (nSPS) is 11.7. The Hall–Kier alpha value is -2.28. The monoisotopic (exact) mass is 290 g/mol. The van der Waals surface area contributed by atoms with Gasteiger partial charge in [-0.05, 0) is 23.8 Å². The highest BCUT2D eigenvalue weighted by atomic mass is 32.2. The predicted molar refractivity (Wildman–Crippen MR) is 77.3 cm³/mol. The van der Waals surface area contributed by atoms with Gasteiger partial charge in [0.1, 0.15) is 0 Å². The smallest absolute Gasteiger partial charge is 0.267 e. The van der Waals surface area contributed by atoms with E-state index in [-0.39, 0.29) is 5.91 Å². The third-order valence-corrected chi connectivity index (χ3v) is 3.15. The van der Waals surface area contributed by atoms with Gasteiger partial charge in [-0.1, -0.05) is 12.1 Å². The lowest BCUT2D eigenvalue weighted by Gasteiger charge is -2.07. The summed E-state index contributed by atoms with van der Waals surface area (Å²) in [5, 5.41) is 0. The zero-order valence-electron chi connectivity index (χ0n) is 10.9. The molecule has 0 bridgehead atoms. The van der Waals surface area contributed by atoms with Crippen molar-refractivity contribution in [3.63, 3.8) is 0 Å². The Morgan fingerprint density at radius 3 is 2.70 bits per heavy atom. The fraction of sp³-hybridized carbons (Fsp3) is 0.154. The van der Waals surface area contributed by atoms with Gasteiger partial charge in [0.25, 0.3) is 5.91 Å². The van der Waals surface area contributed by atoms with Crippen LogP contribution in [0.2, 0.25) is 0 Å². The highest BCUT2D eigenvalue weighted by Crippen LogP contribution is 2.07. The van der Waals surface area contributed by atoms with Gasteiger partial charge >= 0.3 is 0 Å². The zero-order valence-corrected chi connectivity index (χ0v) is 11.7. The van der Waals surface area contributed by atoms with Crippen molar-refractivity contribution >= 4 is 22.7 Å². The lowest BCUT2D eigenvalue weighted by molar-refractivity contribution is 0.0962. The predicted octanol–water partition coefficient (Wildman–Crippen LogP) is 1.11. The van der Waals surface area contributed by atoms with Crippen LogP contribution >= 0.6 is 0 Å². The number of benzene rings is 1. The SMILES string of the molecule is CS(=O)Cc1cccc(C(=O)NNc2ncccn2)c1. The number of rotatable bonds is 5. The second kappa shape index (κ2) is 6.76. The van der Waals surface area contributed by atoms with Crippen LogP contribution in [0.4, 0.5) is 5.95 Å². The molecule has 1 aromatic carbocycles. The summed E-state index contributed by atoms with van der Waals surface area (Å²) in [5.74, 6) is 0.434. The first kappa shape index (κ1) is 14.1. The van der Waals surface area contributed by atoms with Crippen LogP contribution in [0.3, 0.4) is 0 Å². The van der Waals surface area contributed by atoms with E-state index in [1.807, 2.05) is 6.07 Å². The summed E-state index contributed by atoms with van der Waals surface area (Å²) in [6.45, 7) is 0. The first-order chi connectivity index (χ1) is 9.65. The molecule has 2 aromatic rings. The Morgan fingerprint density at radius 2 is 2.00 bits per heavy atom. The molecule has 0 radical (unpaired) electrons. The van der Waals surface area contributed by atoms with Crippen molar-refractivity contribution in [3.05, 3.63) is 53.9 Å². The highest BCUT2D eigenvalue weighted by molar-refractivity contribution is 7.83. The average Bonchev–Trinajstić information content (AvgIpc) is 2.45. The number of hydrogen-bond acceptors (Lipinski definition) is 5. The molecule has 2 rings (SSSR count). The summed E-state index contributed by atoms with van der Waals surface area (Å²) in [7, 11) is -0.939. The van der Waals surface area contributed by atoms with E-state index >= 15 is 0 Å². The van der Waals surface area contributed by atoms with Crippen molar-refractivity contribution < 1.29 is 9.00 Å². The topological polar surface area (TPSA) is 84.0 Å². The van der Waals surface area contributed by atoms with Crippen molar-refractivity contribution in [1.29, 1.82) is 0 Å². The minimum atomic E-state index is -0.939. The van der Waals surface area contributed by atoms with Gasteiger partial charge in [0.15, 0.2) is 0 Å². The second-order valence-electron chi connectivity index (χ2n) is 4.07. The average molecular weight is 290 g/mol. The molecule has 1 unspecified atom stereocenters. The van der Waals surface area contributed by atoms with Gasteiger partial charge in [0.2, 0.25) is 5.95 Å². The van der Waals surface area contributed by atoms with E-state index in [2.05, 4.69) is 20.8 Å². The molecule has 0 saturated heterocycles. The van der Waals surface area contributed by atoms with E-state index in [0.717, 1.165) is 5.56 Å². The molecule has 0 aliphatic carbocycles.